The molecule has 2 heterocycles. The van der Waals surface area contributed by atoms with Gasteiger partial charge in [0.05, 0.1) is 27.5 Å². The van der Waals surface area contributed by atoms with E-state index in [0.29, 0.717) is 10.0 Å². The molecule has 3 aromatic carbocycles. The molecule has 40 heavy (non-hydrogen) atoms. The first-order valence-corrected chi connectivity index (χ1v) is 16.0. The van der Waals surface area contributed by atoms with Crippen molar-refractivity contribution in [2.24, 2.45) is 5.73 Å². The Bertz CT molecular complexity index is 1960. The van der Waals surface area contributed by atoms with Crippen LogP contribution in [-0.4, -0.2) is 25.6 Å². The average Bonchev–Trinajstić information content (AvgIpc) is 3.24. The van der Waals surface area contributed by atoms with Gasteiger partial charge in [0.1, 0.15) is 15.4 Å². The summed E-state index contributed by atoms with van der Waals surface area (Å²) in [4.78, 5) is 27.1. The Kier molecular flexibility index (Phi) is 8.01. The van der Waals surface area contributed by atoms with Crippen molar-refractivity contribution < 1.29 is 17.9 Å². The van der Waals surface area contributed by atoms with Crippen molar-refractivity contribution in [3.8, 4) is 0 Å². The van der Waals surface area contributed by atoms with Crippen LogP contribution in [0.2, 0.25) is 0 Å². The zero-order chi connectivity index (χ0) is 28.6. The van der Waals surface area contributed by atoms with E-state index in [2.05, 4.69) is 31.9 Å². The van der Waals surface area contributed by atoms with Crippen LogP contribution in [-0.2, 0) is 19.4 Å². The molecule has 0 radical (unpaired) electrons. The molecule has 1 aliphatic heterocycles. The van der Waals surface area contributed by atoms with Gasteiger partial charge in [0.2, 0.25) is 9.84 Å². The Morgan fingerprint density at radius 2 is 1.70 bits per heavy atom. The number of hydrogen-bond donors (Lipinski definition) is 1. The first-order valence-electron chi connectivity index (χ1n) is 12.1. The van der Waals surface area contributed by atoms with E-state index in [1.165, 1.54) is 12.1 Å². The van der Waals surface area contributed by atoms with Crippen molar-refractivity contribution >= 4 is 76.5 Å². The number of aromatic nitrogens is 1. The van der Waals surface area contributed by atoms with Gasteiger partial charge in [-0.2, -0.15) is 0 Å². The van der Waals surface area contributed by atoms with E-state index in [1.807, 2.05) is 24.3 Å². The summed E-state index contributed by atoms with van der Waals surface area (Å²) in [5.74, 6) is -2.12. The van der Waals surface area contributed by atoms with Crippen molar-refractivity contribution in [1.29, 1.82) is 0 Å². The van der Waals surface area contributed by atoms with Gasteiger partial charge in [0, 0.05) is 8.95 Å². The third-order valence-electron chi connectivity index (χ3n) is 6.27. The first-order chi connectivity index (χ1) is 19.1. The Balaban J connectivity index is 1.94. The van der Waals surface area contributed by atoms with Gasteiger partial charge < -0.3 is 10.5 Å². The number of sulfone groups is 1. The topological polar surface area (TPSA) is 108 Å². The largest absolute Gasteiger partial charge is 0.463 e. The maximum Gasteiger partial charge on any atom is 0.338 e. The standard InChI is InChI=1S/C29H22Br2N2O5S2/c1-2-38-29(35)24-23(18-9-7-11-20(31)16-18)25(40(36,37)21-12-4-3-5-13-21)26(32)33-27(34)22(39-28(24)33)15-17-8-6-10-19(30)14-17/h3-16,23H,2,32H2,1H3/b22-15-. The lowest BCUT2D eigenvalue weighted by atomic mass is 9.89. The monoisotopic (exact) mass is 700 g/mol. The van der Waals surface area contributed by atoms with Crippen molar-refractivity contribution in [3.05, 3.63) is 123 Å². The minimum Gasteiger partial charge on any atom is -0.463 e. The van der Waals surface area contributed by atoms with Crippen LogP contribution < -0.4 is 20.5 Å². The fraction of sp³-hybridized carbons (Fsp3) is 0.103. The lowest BCUT2D eigenvalue weighted by Gasteiger charge is -2.28. The van der Waals surface area contributed by atoms with Gasteiger partial charge in [-0.3, -0.25) is 9.36 Å². The summed E-state index contributed by atoms with van der Waals surface area (Å²) in [5, 5.41) is 0. The molecule has 0 aliphatic carbocycles. The second-order valence-electron chi connectivity index (χ2n) is 8.80. The van der Waals surface area contributed by atoms with Crippen LogP contribution in [0.4, 0.5) is 0 Å². The fourth-order valence-corrected chi connectivity index (χ4v) is 8.28. The minimum absolute atomic E-state index is 0.0104. The third-order valence-corrected chi connectivity index (χ3v) is 10.3. The van der Waals surface area contributed by atoms with Crippen LogP contribution in [0.25, 0.3) is 17.5 Å². The van der Waals surface area contributed by atoms with E-state index >= 15 is 0 Å². The number of carbonyl (C=O) groups excluding carboxylic acids is 1. The molecule has 0 bridgehead atoms. The number of fused-ring (bicyclic) bond motifs is 1. The maximum absolute atomic E-state index is 14.2. The van der Waals surface area contributed by atoms with E-state index in [1.54, 1.807) is 55.5 Å². The van der Waals surface area contributed by atoms with Gasteiger partial charge in [-0.15, -0.1) is 11.3 Å². The summed E-state index contributed by atoms with van der Waals surface area (Å²) in [6, 6.07) is 22.2. The lowest BCUT2D eigenvalue weighted by molar-refractivity contribution is -0.136. The normalized spacial score (nSPS) is 15.7. The van der Waals surface area contributed by atoms with Crippen LogP contribution in [0.15, 0.2) is 102 Å². The molecule has 1 unspecified atom stereocenters. The number of carbonyl (C=O) groups is 1. The van der Waals surface area contributed by atoms with Gasteiger partial charge in [-0.1, -0.05) is 74.3 Å². The summed E-state index contributed by atoms with van der Waals surface area (Å²) in [7, 11) is -4.28. The molecule has 11 heteroatoms. The number of rotatable bonds is 6. The zero-order valence-electron chi connectivity index (χ0n) is 21.0. The summed E-state index contributed by atoms with van der Waals surface area (Å²) in [6.45, 7) is 1.72. The molecule has 7 nitrogen and oxygen atoms in total. The molecule has 1 atom stereocenters. The molecule has 4 aromatic rings. The van der Waals surface area contributed by atoms with Gasteiger partial charge in [-0.05, 0) is 60.5 Å². The summed E-state index contributed by atoms with van der Waals surface area (Å²) in [5.41, 5.74) is 7.35. The van der Waals surface area contributed by atoms with Crippen LogP contribution in [0.1, 0.15) is 24.0 Å². The molecule has 5 rings (SSSR count). The number of esters is 1. The Hall–Kier alpha value is -3.25. The number of hydrogen-bond acceptors (Lipinski definition) is 7. The fourth-order valence-electron chi connectivity index (χ4n) is 4.58. The van der Waals surface area contributed by atoms with E-state index in [0.717, 1.165) is 25.9 Å². The van der Waals surface area contributed by atoms with Crippen LogP contribution in [0.3, 0.4) is 0 Å². The summed E-state index contributed by atoms with van der Waals surface area (Å²) < 4.78 is 37.0. The van der Waals surface area contributed by atoms with Crippen LogP contribution in [0, 0.1) is 0 Å². The maximum atomic E-state index is 14.2. The molecular formula is C29H22Br2N2O5S2. The van der Waals surface area contributed by atoms with Crippen LogP contribution in [0.5, 0.6) is 0 Å². The van der Waals surface area contributed by atoms with Crippen molar-refractivity contribution in [2.45, 2.75) is 17.7 Å². The number of nitrogens with zero attached hydrogens (tertiary/aromatic N) is 1. The molecule has 2 N–H and O–H groups in total. The smallest absolute Gasteiger partial charge is 0.338 e. The highest BCUT2D eigenvalue weighted by Crippen LogP contribution is 2.42. The zero-order valence-corrected chi connectivity index (χ0v) is 25.8. The highest BCUT2D eigenvalue weighted by atomic mass is 79.9. The molecule has 1 aromatic heterocycles. The van der Waals surface area contributed by atoms with Gasteiger partial charge >= 0.3 is 5.97 Å². The lowest BCUT2D eigenvalue weighted by Crippen LogP contribution is -2.41. The second-order valence-corrected chi connectivity index (χ2v) is 13.6. The average molecular weight is 702 g/mol. The Morgan fingerprint density at radius 1 is 1.02 bits per heavy atom. The Morgan fingerprint density at radius 3 is 2.35 bits per heavy atom. The third kappa shape index (κ3) is 5.14. The van der Waals surface area contributed by atoms with E-state index in [-0.39, 0.29) is 37.0 Å². The van der Waals surface area contributed by atoms with Gasteiger partial charge in [0.25, 0.3) is 5.56 Å². The highest BCUT2D eigenvalue weighted by Gasteiger charge is 2.42. The predicted octanol–water partition coefficient (Wildman–Crippen LogP) is 4.33. The van der Waals surface area contributed by atoms with Gasteiger partial charge in [0.15, 0.2) is 0 Å². The van der Waals surface area contributed by atoms with E-state index in [4.69, 9.17) is 10.5 Å². The Labute approximate surface area is 251 Å². The highest BCUT2D eigenvalue weighted by molar-refractivity contribution is 9.10. The summed E-state index contributed by atoms with van der Waals surface area (Å²) in [6.07, 6.45) is 1.68. The van der Waals surface area contributed by atoms with E-state index in [9.17, 15) is 18.0 Å². The molecule has 1 aliphatic rings. The molecule has 0 amide bonds. The molecular weight excluding hydrogens is 680 g/mol. The number of thiazole rings is 1. The van der Waals surface area contributed by atoms with Crippen molar-refractivity contribution in [3.63, 3.8) is 0 Å². The molecule has 0 fully saturated rings. The first kappa shape index (κ1) is 28.3. The number of allylic oxidation sites excluding steroid dienone is 1. The number of halogens is 2. The molecule has 0 spiro atoms. The SMILES string of the molecule is CCOC(=O)C1=c2s/c(=C\c3cccc(Br)c3)c(=O)n2C(N)=C(S(=O)(=O)c2ccccc2)C1c1cccc(Br)c1. The van der Waals surface area contributed by atoms with E-state index < -0.39 is 27.3 Å². The second kappa shape index (κ2) is 11.3. The number of benzene rings is 3. The quantitative estimate of drug-likeness (QED) is 0.300. The van der Waals surface area contributed by atoms with Gasteiger partial charge in [-0.25, -0.2) is 13.2 Å². The predicted molar refractivity (Wildman–Crippen MR) is 163 cm³/mol. The van der Waals surface area contributed by atoms with Crippen molar-refractivity contribution in [1.82, 2.24) is 4.57 Å². The van der Waals surface area contributed by atoms with Crippen molar-refractivity contribution in [2.75, 3.05) is 6.61 Å². The van der Waals surface area contributed by atoms with Crippen LogP contribution >= 0.6 is 43.2 Å². The summed E-state index contributed by atoms with van der Waals surface area (Å²) >= 11 is 7.95. The number of ether oxygens (including phenoxy) is 1. The molecule has 0 saturated carbocycles. The molecule has 0 saturated heterocycles. The number of nitrogens with two attached hydrogens (primary N) is 1. The minimum atomic E-state index is -4.28. The molecule has 204 valence electrons.